The summed E-state index contributed by atoms with van der Waals surface area (Å²) in [7, 11) is 0. The Balaban J connectivity index is 1.54. The summed E-state index contributed by atoms with van der Waals surface area (Å²) in [5.41, 5.74) is 3.78. The lowest BCUT2D eigenvalue weighted by atomic mass is 10.0. The van der Waals surface area contributed by atoms with E-state index in [9.17, 15) is 15.2 Å². The molecular weight excluding hydrogens is 468 g/mol. The third-order valence-electron chi connectivity index (χ3n) is 6.02. The molecule has 1 amide bonds. The Bertz CT molecular complexity index is 1530. The number of ether oxygens (including phenoxy) is 1. The predicted octanol–water partition coefficient (Wildman–Crippen LogP) is 4.44. The molecule has 0 radical (unpaired) electrons. The molecule has 188 valence electrons. The van der Waals surface area contributed by atoms with Gasteiger partial charge in [-0.2, -0.15) is 5.26 Å². The van der Waals surface area contributed by atoms with E-state index < -0.39 is 5.60 Å². The van der Waals surface area contributed by atoms with Crippen molar-refractivity contribution >= 4 is 17.2 Å². The van der Waals surface area contributed by atoms with E-state index >= 15 is 0 Å². The monoisotopic (exact) mass is 496 g/mol. The molecule has 0 unspecified atom stereocenters. The first-order chi connectivity index (χ1) is 17.7. The highest BCUT2D eigenvalue weighted by Crippen LogP contribution is 2.30. The van der Waals surface area contributed by atoms with E-state index in [1.807, 2.05) is 25.1 Å². The number of carbonyl (C=O) groups is 1. The Morgan fingerprint density at radius 2 is 2.05 bits per heavy atom. The van der Waals surface area contributed by atoms with Gasteiger partial charge in [0.05, 0.1) is 34.8 Å². The molecule has 2 aromatic heterocycles. The number of carbonyl (C=O) groups excluding carboxylic acids is 1. The number of hydrogen-bond acceptors (Lipinski definition) is 7. The van der Waals surface area contributed by atoms with E-state index in [2.05, 4.69) is 26.8 Å². The molecule has 9 heteroatoms. The number of anilines is 1. The van der Waals surface area contributed by atoms with E-state index in [-0.39, 0.29) is 24.4 Å². The van der Waals surface area contributed by atoms with Crippen molar-refractivity contribution in [2.24, 2.45) is 0 Å². The second kappa shape index (κ2) is 9.56. The fraction of sp³-hybridized carbons (Fsp3) is 0.286. The van der Waals surface area contributed by atoms with Crippen LogP contribution in [0.3, 0.4) is 0 Å². The van der Waals surface area contributed by atoms with Gasteiger partial charge in [0, 0.05) is 29.8 Å². The van der Waals surface area contributed by atoms with Crippen LogP contribution >= 0.6 is 0 Å². The lowest BCUT2D eigenvalue weighted by molar-refractivity contribution is 0.0940. The summed E-state index contributed by atoms with van der Waals surface area (Å²) in [5, 5.41) is 30.4. The number of amides is 1. The summed E-state index contributed by atoms with van der Waals surface area (Å²) in [6.45, 7) is 5.62. The average Bonchev–Trinajstić information content (AvgIpc) is 3.57. The summed E-state index contributed by atoms with van der Waals surface area (Å²) in [4.78, 5) is 17.2. The number of fused-ring (bicyclic) bond motifs is 1. The maximum atomic E-state index is 12.6. The van der Waals surface area contributed by atoms with Gasteiger partial charge >= 0.3 is 0 Å². The molecule has 0 atom stereocenters. The van der Waals surface area contributed by atoms with Crippen molar-refractivity contribution in [2.75, 3.05) is 11.9 Å². The van der Waals surface area contributed by atoms with Crippen molar-refractivity contribution in [1.82, 2.24) is 19.9 Å². The standard InChI is InChI=1S/C28H28N6O3/c1-17-11-19(7-10-22(17)27(35)32-20-8-9-20)24-15-30-26-23(31-16-28(2,3)36)13-25(33-34(24)26)37-21-6-4-5-18(12-21)14-29/h4-7,10-13,15,20,31,36H,8-9,16H2,1-3H3,(H,32,35). The Hall–Kier alpha value is -4.42. The molecule has 1 aliphatic carbocycles. The van der Waals surface area contributed by atoms with Crippen molar-refractivity contribution in [3.63, 3.8) is 0 Å². The van der Waals surface area contributed by atoms with Gasteiger partial charge in [-0.3, -0.25) is 4.79 Å². The topological polar surface area (TPSA) is 125 Å². The zero-order valence-corrected chi connectivity index (χ0v) is 20.9. The fourth-order valence-electron chi connectivity index (χ4n) is 3.95. The van der Waals surface area contributed by atoms with Crippen LogP contribution in [0.5, 0.6) is 11.6 Å². The average molecular weight is 497 g/mol. The van der Waals surface area contributed by atoms with Crippen LogP contribution in [-0.2, 0) is 0 Å². The van der Waals surface area contributed by atoms with Crippen LogP contribution in [0.25, 0.3) is 16.9 Å². The molecule has 9 nitrogen and oxygen atoms in total. The molecule has 2 heterocycles. The summed E-state index contributed by atoms with van der Waals surface area (Å²) in [6, 6.07) is 16.6. The molecule has 0 bridgehead atoms. The number of imidazole rings is 1. The quantitative estimate of drug-likeness (QED) is 0.329. The van der Waals surface area contributed by atoms with E-state index in [0.717, 1.165) is 29.7 Å². The fourth-order valence-corrected chi connectivity index (χ4v) is 3.95. The Morgan fingerprint density at radius 3 is 2.76 bits per heavy atom. The van der Waals surface area contributed by atoms with E-state index in [4.69, 9.17) is 4.74 Å². The van der Waals surface area contributed by atoms with Crippen molar-refractivity contribution < 1.29 is 14.6 Å². The van der Waals surface area contributed by atoms with Crippen LogP contribution in [0.15, 0.2) is 54.7 Å². The first kappa shape index (κ1) is 24.3. The molecule has 2 aromatic carbocycles. The zero-order chi connectivity index (χ0) is 26.2. The second-order valence-electron chi connectivity index (χ2n) is 9.96. The van der Waals surface area contributed by atoms with Gasteiger partial charge < -0.3 is 20.5 Å². The number of aliphatic hydroxyl groups is 1. The van der Waals surface area contributed by atoms with Crippen molar-refractivity contribution in [1.29, 1.82) is 5.26 Å². The highest BCUT2D eigenvalue weighted by Gasteiger charge is 2.25. The number of aryl methyl sites for hydroxylation is 1. The lowest BCUT2D eigenvalue weighted by Crippen LogP contribution is -2.29. The number of nitrogens with one attached hydrogen (secondary N) is 2. The van der Waals surface area contributed by atoms with Gasteiger partial charge in [0.1, 0.15) is 5.75 Å². The Morgan fingerprint density at radius 1 is 1.24 bits per heavy atom. The minimum Gasteiger partial charge on any atom is -0.437 e. The van der Waals surface area contributed by atoms with Gasteiger partial charge in [0.15, 0.2) is 5.65 Å². The van der Waals surface area contributed by atoms with Gasteiger partial charge in [-0.1, -0.05) is 12.1 Å². The number of rotatable bonds is 8. The lowest BCUT2D eigenvalue weighted by Gasteiger charge is -2.19. The second-order valence-corrected chi connectivity index (χ2v) is 9.96. The molecule has 1 saturated carbocycles. The highest BCUT2D eigenvalue weighted by atomic mass is 16.5. The molecule has 1 fully saturated rings. The van der Waals surface area contributed by atoms with Gasteiger partial charge in [-0.15, -0.1) is 5.10 Å². The van der Waals surface area contributed by atoms with Crippen LogP contribution in [0.2, 0.25) is 0 Å². The SMILES string of the molecule is Cc1cc(-c2cnc3c(NCC(C)(C)O)cc(Oc4cccc(C#N)c4)nn23)ccc1C(=O)NC1CC1. The van der Waals surface area contributed by atoms with Crippen LogP contribution in [0, 0.1) is 18.3 Å². The van der Waals surface area contributed by atoms with Crippen LogP contribution in [-0.4, -0.2) is 43.8 Å². The summed E-state index contributed by atoms with van der Waals surface area (Å²) >= 11 is 0. The first-order valence-corrected chi connectivity index (χ1v) is 12.1. The molecule has 3 N–H and O–H groups in total. The van der Waals surface area contributed by atoms with Crippen LogP contribution < -0.4 is 15.4 Å². The number of nitriles is 1. The summed E-state index contributed by atoms with van der Waals surface area (Å²) in [6.07, 6.45) is 3.78. The predicted molar refractivity (Wildman–Crippen MR) is 140 cm³/mol. The zero-order valence-electron chi connectivity index (χ0n) is 20.9. The molecule has 4 aromatic rings. The van der Waals surface area contributed by atoms with E-state index in [1.165, 1.54) is 0 Å². The van der Waals surface area contributed by atoms with E-state index in [1.54, 1.807) is 54.9 Å². The van der Waals surface area contributed by atoms with Crippen molar-refractivity contribution in [3.05, 3.63) is 71.4 Å². The van der Waals surface area contributed by atoms with Gasteiger partial charge in [0.2, 0.25) is 5.88 Å². The third-order valence-corrected chi connectivity index (χ3v) is 6.02. The van der Waals surface area contributed by atoms with Gasteiger partial charge in [-0.25, -0.2) is 9.50 Å². The number of nitrogens with zero attached hydrogens (tertiary/aromatic N) is 4. The Labute approximate surface area is 214 Å². The minimum atomic E-state index is -0.953. The molecule has 0 saturated heterocycles. The Kier molecular flexibility index (Phi) is 6.27. The number of benzene rings is 2. The van der Waals surface area contributed by atoms with E-state index in [0.29, 0.717) is 28.2 Å². The number of aromatic nitrogens is 3. The normalized spacial score (nSPS) is 13.3. The van der Waals surface area contributed by atoms with Gasteiger partial charge in [-0.05, 0) is 69.5 Å². The molecule has 0 aliphatic heterocycles. The number of hydrogen-bond donors (Lipinski definition) is 3. The van der Waals surface area contributed by atoms with Crippen LogP contribution in [0.1, 0.15) is 48.2 Å². The molecule has 5 rings (SSSR count). The van der Waals surface area contributed by atoms with Crippen molar-refractivity contribution in [3.8, 4) is 29.0 Å². The summed E-state index contributed by atoms with van der Waals surface area (Å²) in [5.74, 6) is 0.705. The molecular formula is C28H28N6O3. The molecule has 0 spiro atoms. The first-order valence-electron chi connectivity index (χ1n) is 12.1. The van der Waals surface area contributed by atoms with Gasteiger partial charge in [0.25, 0.3) is 5.91 Å². The maximum Gasteiger partial charge on any atom is 0.251 e. The highest BCUT2D eigenvalue weighted by molar-refractivity contribution is 5.96. The molecule has 1 aliphatic rings. The van der Waals surface area contributed by atoms with Crippen molar-refractivity contribution in [2.45, 2.75) is 45.3 Å². The van der Waals surface area contributed by atoms with Crippen LogP contribution in [0.4, 0.5) is 5.69 Å². The minimum absolute atomic E-state index is 0.0591. The third kappa shape index (κ3) is 5.55. The maximum absolute atomic E-state index is 12.6. The molecule has 37 heavy (non-hydrogen) atoms. The summed E-state index contributed by atoms with van der Waals surface area (Å²) < 4.78 is 7.69. The largest absolute Gasteiger partial charge is 0.437 e. The smallest absolute Gasteiger partial charge is 0.251 e.